The maximum Gasteiger partial charge on any atom is 0.360 e. The second-order valence-corrected chi connectivity index (χ2v) is 15.6. The standard InChI is InChI=1S/C50H60N2O18/c1-7-21-36(68-44(57)29-19-27-42(53)54)49(3,47(60)62-5)35-23-15-11-9-13-17-25-39-51-34(31-64-39)46(59)70-38(24-16-12-10-14-18-26-40-52-41(32-65-40)67-33-66-35)50(4,48(61)63-6)37(22-8-2)69-45(58)30-20-28-43(55)56/h7-18,21-22,25-26,31-32,35-38H,19-20,23-24,27-30,33H2,1-6H3,(H,53,54)(H,55,56)/b13-9+,14-10+,15-11-,16-12-,21-7+,22-8+,25-17+,26-18+. The normalized spacial score (nSPS) is 21.4. The van der Waals surface area contributed by atoms with E-state index in [-0.39, 0.29) is 74.7 Å². The molecule has 0 amide bonds. The van der Waals surface area contributed by atoms with Crippen molar-refractivity contribution in [2.45, 2.75) is 103 Å². The van der Waals surface area contributed by atoms with Crippen molar-refractivity contribution in [1.82, 2.24) is 9.97 Å². The average Bonchev–Trinajstić information content (AvgIpc) is 4.00. The third-order valence-electron chi connectivity index (χ3n) is 10.6. The fourth-order valence-electron chi connectivity index (χ4n) is 6.78. The highest BCUT2D eigenvalue weighted by atomic mass is 16.7. The molecule has 20 heteroatoms. The highest BCUT2D eigenvalue weighted by Gasteiger charge is 2.53. The molecule has 2 N–H and O–H groups in total. The van der Waals surface area contributed by atoms with Crippen molar-refractivity contribution in [1.29, 1.82) is 0 Å². The van der Waals surface area contributed by atoms with Gasteiger partial charge in [-0.25, -0.2) is 9.78 Å². The highest BCUT2D eigenvalue weighted by Crippen LogP contribution is 2.38. The van der Waals surface area contributed by atoms with Gasteiger partial charge >= 0.3 is 41.8 Å². The van der Waals surface area contributed by atoms with Crippen LogP contribution in [0.5, 0.6) is 5.88 Å². The average molecular weight is 977 g/mol. The number of carbonyl (C=O) groups is 7. The Morgan fingerprint density at radius 2 is 1.16 bits per heavy atom. The van der Waals surface area contributed by atoms with E-state index in [1.165, 1.54) is 51.5 Å². The van der Waals surface area contributed by atoms with Crippen molar-refractivity contribution in [2.75, 3.05) is 21.0 Å². The van der Waals surface area contributed by atoms with E-state index in [9.17, 15) is 33.6 Å². The van der Waals surface area contributed by atoms with Gasteiger partial charge < -0.3 is 52.2 Å². The summed E-state index contributed by atoms with van der Waals surface area (Å²) >= 11 is 0. The van der Waals surface area contributed by atoms with Crippen LogP contribution in [0.2, 0.25) is 0 Å². The van der Waals surface area contributed by atoms with Crippen LogP contribution in [-0.4, -0.2) is 107 Å². The molecule has 70 heavy (non-hydrogen) atoms. The third kappa shape index (κ3) is 17.5. The Morgan fingerprint density at radius 3 is 1.66 bits per heavy atom. The molecule has 4 bridgehead atoms. The first-order chi connectivity index (χ1) is 33.5. The lowest BCUT2D eigenvalue weighted by Gasteiger charge is -2.38. The molecule has 2 aromatic heterocycles. The molecule has 0 fully saturated rings. The quantitative estimate of drug-likeness (QED) is 0.0831. The summed E-state index contributed by atoms with van der Waals surface area (Å²) < 4.78 is 50.7. The van der Waals surface area contributed by atoms with Crippen molar-refractivity contribution in [3.8, 4) is 5.88 Å². The number of carboxylic acids is 2. The number of hydrogen-bond donors (Lipinski definition) is 2. The van der Waals surface area contributed by atoms with Gasteiger partial charge in [0.15, 0.2) is 18.8 Å². The smallest absolute Gasteiger partial charge is 0.360 e. The first-order valence-electron chi connectivity index (χ1n) is 22.1. The minimum atomic E-state index is -1.85. The van der Waals surface area contributed by atoms with E-state index >= 15 is 0 Å². The summed E-state index contributed by atoms with van der Waals surface area (Å²) in [6.07, 6.45) is 21.6. The molecule has 0 aliphatic carbocycles. The van der Waals surface area contributed by atoms with E-state index in [1.54, 1.807) is 86.8 Å². The zero-order valence-electron chi connectivity index (χ0n) is 39.9. The minimum absolute atomic E-state index is 0.0120. The van der Waals surface area contributed by atoms with Crippen LogP contribution in [0.4, 0.5) is 0 Å². The Morgan fingerprint density at radius 1 is 0.686 bits per heavy atom. The van der Waals surface area contributed by atoms with Gasteiger partial charge in [-0.2, -0.15) is 4.98 Å². The Labute approximate surface area is 405 Å². The lowest BCUT2D eigenvalue weighted by molar-refractivity contribution is -0.185. The second-order valence-electron chi connectivity index (χ2n) is 15.6. The minimum Gasteiger partial charge on any atom is -0.481 e. The number of carboxylic acid groups (broad SMARTS) is 2. The molecular weight excluding hydrogens is 917 g/mol. The van der Waals surface area contributed by atoms with Gasteiger partial charge in [0.05, 0.1) is 20.3 Å². The number of rotatable bonds is 18. The van der Waals surface area contributed by atoms with Crippen LogP contribution in [0.3, 0.4) is 0 Å². The summed E-state index contributed by atoms with van der Waals surface area (Å²) in [5, 5.41) is 18.1. The maximum absolute atomic E-state index is 13.7. The van der Waals surface area contributed by atoms with Crippen LogP contribution in [0, 0.1) is 10.8 Å². The van der Waals surface area contributed by atoms with Crippen LogP contribution in [0.25, 0.3) is 12.2 Å². The van der Waals surface area contributed by atoms with Crippen molar-refractivity contribution < 1.29 is 85.8 Å². The third-order valence-corrected chi connectivity index (χ3v) is 10.6. The molecule has 1 aliphatic rings. The fraction of sp³-hybridized carbons (Fsp3) is 0.420. The predicted molar refractivity (Wildman–Crippen MR) is 249 cm³/mol. The van der Waals surface area contributed by atoms with Gasteiger partial charge in [0, 0.05) is 44.3 Å². The van der Waals surface area contributed by atoms with E-state index in [0.29, 0.717) is 0 Å². The Bertz CT molecular complexity index is 2330. The van der Waals surface area contributed by atoms with Gasteiger partial charge in [-0.1, -0.05) is 72.9 Å². The molecule has 0 radical (unpaired) electrons. The first-order valence-corrected chi connectivity index (χ1v) is 22.1. The van der Waals surface area contributed by atoms with E-state index in [1.807, 2.05) is 0 Å². The van der Waals surface area contributed by atoms with Crippen LogP contribution in [0.1, 0.15) is 101 Å². The molecule has 2 aromatic rings. The van der Waals surface area contributed by atoms with Crippen LogP contribution < -0.4 is 4.74 Å². The SMILES string of the molecule is C/C=C/C(OC(=O)CCCC(=O)O)C(C)(C(=O)OC)C1C\C=C/C=C/C=C/c2nc(co2)C(=O)OC(C(C)(C(=O)OC)C(/C=C/C)OC(=O)CCCC(=O)O)C\C=C/C=C/C=C/c2nc(co2)OCO1. The molecule has 3 rings (SSSR count). The number of nitrogens with zero attached hydrogens (tertiary/aromatic N) is 2. The van der Waals surface area contributed by atoms with E-state index in [4.69, 9.17) is 52.2 Å². The number of aliphatic carboxylic acids is 2. The van der Waals surface area contributed by atoms with Gasteiger partial charge in [0.1, 0.15) is 35.4 Å². The highest BCUT2D eigenvalue weighted by molar-refractivity contribution is 5.88. The largest absolute Gasteiger partial charge is 0.481 e. The van der Waals surface area contributed by atoms with E-state index < -0.39 is 83.8 Å². The molecule has 20 nitrogen and oxygen atoms in total. The summed E-state index contributed by atoms with van der Waals surface area (Å²) in [7, 11) is 2.31. The van der Waals surface area contributed by atoms with Crippen LogP contribution >= 0.6 is 0 Å². The number of carbonyl (C=O) groups excluding carboxylic acids is 5. The molecule has 1 aliphatic heterocycles. The topological polar surface area (TPSA) is 277 Å². The zero-order chi connectivity index (χ0) is 51.5. The Kier molecular flexibility index (Phi) is 23.8. The number of fused-ring (bicyclic) bond motifs is 4. The van der Waals surface area contributed by atoms with Crippen LogP contribution in [0.15, 0.2) is 106 Å². The number of allylic oxidation sites excluding steroid dienone is 10. The fourth-order valence-corrected chi connectivity index (χ4v) is 6.78. The summed E-state index contributed by atoms with van der Waals surface area (Å²) in [6.45, 7) is 5.79. The van der Waals surface area contributed by atoms with Crippen molar-refractivity contribution in [3.05, 3.63) is 115 Å². The monoisotopic (exact) mass is 976 g/mol. The Balaban J connectivity index is 2.02. The zero-order valence-corrected chi connectivity index (χ0v) is 39.9. The lowest BCUT2D eigenvalue weighted by atomic mass is 9.76. The number of methoxy groups -OCH3 is 2. The molecule has 0 spiro atoms. The number of oxazole rings is 2. The van der Waals surface area contributed by atoms with Crippen molar-refractivity contribution in [3.63, 3.8) is 0 Å². The number of esters is 5. The Hall–Kier alpha value is -7.61. The van der Waals surface area contributed by atoms with Gasteiger partial charge in [0.2, 0.25) is 11.8 Å². The molecule has 0 aromatic carbocycles. The maximum atomic E-state index is 13.7. The summed E-state index contributed by atoms with van der Waals surface area (Å²) in [6, 6.07) is 0. The lowest BCUT2D eigenvalue weighted by Crippen LogP contribution is -2.52. The van der Waals surface area contributed by atoms with E-state index in [2.05, 4.69) is 9.97 Å². The predicted octanol–water partition coefficient (Wildman–Crippen LogP) is 7.50. The second kappa shape index (κ2) is 29.3. The number of cyclic esters (lactones) is 1. The molecule has 0 saturated heterocycles. The van der Waals surface area contributed by atoms with Crippen molar-refractivity contribution >= 4 is 53.9 Å². The first kappa shape index (κ1) is 56.7. The number of hydrogen-bond acceptors (Lipinski definition) is 18. The molecule has 378 valence electrons. The van der Waals surface area contributed by atoms with Gasteiger partial charge in [-0.3, -0.25) is 28.8 Å². The number of aromatic nitrogens is 2. The number of ether oxygens (including phenoxy) is 7. The molecule has 0 saturated carbocycles. The molecule has 6 atom stereocenters. The van der Waals surface area contributed by atoms with Crippen LogP contribution in [-0.2, 0) is 57.2 Å². The van der Waals surface area contributed by atoms with E-state index in [0.717, 1.165) is 13.4 Å². The summed E-state index contributed by atoms with van der Waals surface area (Å²) in [5.74, 6) is -6.12. The van der Waals surface area contributed by atoms with Gasteiger partial charge in [-0.15, -0.1) is 0 Å². The summed E-state index contributed by atoms with van der Waals surface area (Å²) in [5.41, 5.74) is -3.77. The summed E-state index contributed by atoms with van der Waals surface area (Å²) in [4.78, 5) is 97.5. The van der Waals surface area contributed by atoms with Gasteiger partial charge in [-0.05, 0) is 59.1 Å². The molecule has 3 heterocycles. The van der Waals surface area contributed by atoms with Crippen molar-refractivity contribution in [2.24, 2.45) is 10.8 Å². The molecule has 6 unspecified atom stereocenters. The molecular formula is C50H60N2O18. The van der Waals surface area contributed by atoms with Gasteiger partial charge in [0.25, 0.3) is 5.88 Å².